The Morgan fingerprint density at radius 2 is 2.28 bits per heavy atom. The minimum Gasteiger partial charge on any atom is -0.307 e. The highest BCUT2D eigenvalue weighted by Crippen LogP contribution is 2.18. The molecule has 1 N–H and O–H groups in total. The molecule has 0 atom stereocenters. The zero-order valence-corrected chi connectivity index (χ0v) is 11.5. The van der Waals surface area contributed by atoms with Gasteiger partial charge in [-0.25, -0.2) is 9.67 Å². The second-order valence-corrected chi connectivity index (χ2v) is 5.44. The summed E-state index contributed by atoms with van der Waals surface area (Å²) in [4.78, 5) is 8.43. The molecule has 0 spiro atoms. The van der Waals surface area contributed by atoms with Gasteiger partial charge in [-0.1, -0.05) is 0 Å². The second kappa shape index (κ2) is 5.16. The van der Waals surface area contributed by atoms with Gasteiger partial charge in [-0.2, -0.15) is 5.10 Å². The maximum atomic E-state index is 4.43. The fraction of sp³-hybridized carbons (Fsp3) is 0.417. The Bertz CT molecular complexity index is 535. The summed E-state index contributed by atoms with van der Waals surface area (Å²) >= 11 is 3.41. The first kappa shape index (κ1) is 11.8. The maximum absolute atomic E-state index is 4.43. The first-order valence-corrected chi connectivity index (χ1v) is 6.80. The van der Waals surface area contributed by atoms with Crippen LogP contribution in [0.25, 0.3) is 0 Å². The highest BCUT2D eigenvalue weighted by molar-refractivity contribution is 9.10. The standard InChI is InChI=1S/C12H14BrN5/c13-10-3-9(4-14-5-10)7-18-8-16-12(17-18)6-15-11-1-2-11/h3-5,8,11,15H,1-2,6-7H2. The van der Waals surface area contributed by atoms with E-state index < -0.39 is 0 Å². The SMILES string of the molecule is Brc1cncc(Cn2cnc(CNC3CC3)n2)c1. The van der Waals surface area contributed by atoms with Crippen LogP contribution in [0.4, 0.5) is 0 Å². The minimum atomic E-state index is 0.686. The highest BCUT2D eigenvalue weighted by Gasteiger charge is 2.20. The predicted molar refractivity (Wildman–Crippen MR) is 70.9 cm³/mol. The average Bonchev–Trinajstić information content (AvgIpc) is 3.08. The van der Waals surface area contributed by atoms with Gasteiger partial charge in [0.2, 0.25) is 0 Å². The van der Waals surface area contributed by atoms with Crippen LogP contribution in [0.15, 0.2) is 29.3 Å². The number of hydrogen-bond acceptors (Lipinski definition) is 4. The number of nitrogens with zero attached hydrogens (tertiary/aromatic N) is 4. The van der Waals surface area contributed by atoms with Crippen molar-refractivity contribution >= 4 is 15.9 Å². The lowest BCUT2D eigenvalue weighted by atomic mass is 10.3. The van der Waals surface area contributed by atoms with Crippen LogP contribution < -0.4 is 5.32 Å². The third-order valence-electron chi connectivity index (χ3n) is 2.82. The van der Waals surface area contributed by atoms with Crippen molar-refractivity contribution in [1.82, 2.24) is 25.1 Å². The van der Waals surface area contributed by atoms with Crippen molar-refractivity contribution in [3.63, 3.8) is 0 Å². The lowest BCUT2D eigenvalue weighted by Crippen LogP contribution is -2.16. The van der Waals surface area contributed by atoms with Crippen LogP contribution in [0, 0.1) is 0 Å². The Hall–Kier alpha value is -1.27. The summed E-state index contributed by atoms with van der Waals surface area (Å²) in [5.41, 5.74) is 1.11. The summed E-state index contributed by atoms with van der Waals surface area (Å²) in [5.74, 6) is 0.852. The predicted octanol–water partition coefficient (Wildman–Crippen LogP) is 1.74. The van der Waals surface area contributed by atoms with Crippen LogP contribution in [-0.2, 0) is 13.1 Å². The second-order valence-electron chi connectivity index (χ2n) is 4.52. The molecule has 2 heterocycles. The van der Waals surface area contributed by atoms with Gasteiger partial charge in [-0.05, 0) is 40.4 Å². The molecule has 0 saturated heterocycles. The number of hydrogen-bond donors (Lipinski definition) is 1. The van der Waals surface area contributed by atoms with E-state index >= 15 is 0 Å². The van der Waals surface area contributed by atoms with Gasteiger partial charge in [-0.15, -0.1) is 0 Å². The molecular weight excluding hydrogens is 294 g/mol. The van der Waals surface area contributed by atoms with E-state index in [1.807, 2.05) is 16.9 Å². The Morgan fingerprint density at radius 3 is 3.06 bits per heavy atom. The molecule has 1 fully saturated rings. The molecule has 0 aromatic carbocycles. The summed E-state index contributed by atoms with van der Waals surface area (Å²) in [6.45, 7) is 1.46. The van der Waals surface area contributed by atoms with Gasteiger partial charge in [0.1, 0.15) is 6.33 Å². The fourth-order valence-corrected chi connectivity index (χ4v) is 2.16. The maximum Gasteiger partial charge on any atom is 0.164 e. The third-order valence-corrected chi connectivity index (χ3v) is 3.25. The monoisotopic (exact) mass is 307 g/mol. The molecule has 3 rings (SSSR count). The molecule has 1 saturated carbocycles. The van der Waals surface area contributed by atoms with Crippen LogP contribution >= 0.6 is 15.9 Å². The van der Waals surface area contributed by atoms with Crippen molar-refractivity contribution < 1.29 is 0 Å². The molecule has 2 aromatic heterocycles. The highest BCUT2D eigenvalue weighted by atomic mass is 79.9. The van der Waals surface area contributed by atoms with Crippen LogP contribution in [0.3, 0.4) is 0 Å². The van der Waals surface area contributed by atoms with Gasteiger partial charge in [0.05, 0.1) is 13.1 Å². The van der Waals surface area contributed by atoms with E-state index in [1.165, 1.54) is 12.8 Å². The van der Waals surface area contributed by atoms with Crippen molar-refractivity contribution in [2.75, 3.05) is 0 Å². The Kier molecular flexibility index (Phi) is 3.38. The largest absolute Gasteiger partial charge is 0.307 e. The Labute approximate surface area is 114 Å². The smallest absolute Gasteiger partial charge is 0.164 e. The first-order chi connectivity index (χ1) is 8.79. The van der Waals surface area contributed by atoms with E-state index in [-0.39, 0.29) is 0 Å². The van der Waals surface area contributed by atoms with Crippen LogP contribution in [0.2, 0.25) is 0 Å². The van der Waals surface area contributed by atoms with E-state index in [9.17, 15) is 0 Å². The number of aromatic nitrogens is 4. The third kappa shape index (κ3) is 3.14. The van der Waals surface area contributed by atoms with E-state index in [4.69, 9.17) is 0 Å². The van der Waals surface area contributed by atoms with Crippen molar-refractivity contribution in [2.24, 2.45) is 0 Å². The molecule has 0 bridgehead atoms. The molecule has 0 aliphatic heterocycles. The summed E-state index contributed by atoms with van der Waals surface area (Å²) in [6, 6.07) is 2.72. The number of halogens is 1. The van der Waals surface area contributed by atoms with Crippen LogP contribution in [0.5, 0.6) is 0 Å². The van der Waals surface area contributed by atoms with Crippen molar-refractivity contribution in [2.45, 2.75) is 32.0 Å². The zero-order chi connectivity index (χ0) is 12.4. The quantitative estimate of drug-likeness (QED) is 0.914. The van der Waals surface area contributed by atoms with Gasteiger partial charge in [-0.3, -0.25) is 4.98 Å². The topological polar surface area (TPSA) is 55.6 Å². The molecule has 6 heteroatoms. The van der Waals surface area contributed by atoms with Gasteiger partial charge in [0.15, 0.2) is 5.82 Å². The summed E-state index contributed by atoms with van der Waals surface area (Å²) < 4.78 is 2.82. The van der Waals surface area contributed by atoms with E-state index in [1.54, 1.807) is 12.5 Å². The molecule has 18 heavy (non-hydrogen) atoms. The number of pyridine rings is 1. The molecule has 0 amide bonds. The van der Waals surface area contributed by atoms with E-state index in [0.717, 1.165) is 22.4 Å². The lowest BCUT2D eigenvalue weighted by Gasteiger charge is -2.01. The molecule has 0 unspecified atom stereocenters. The lowest BCUT2D eigenvalue weighted by molar-refractivity contribution is 0.627. The number of nitrogens with one attached hydrogen (secondary N) is 1. The molecule has 2 aromatic rings. The van der Waals surface area contributed by atoms with Crippen LogP contribution in [-0.4, -0.2) is 25.8 Å². The Morgan fingerprint density at radius 1 is 1.39 bits per heavy atom. The first-order valence-electron chi connectivity index (χ1n) is 6.01. The normalized spacial score (nSPS) is 14.9. The molecule has 0 radical (unpaired) electrons. The molecule has 94 valence electrons. The van der Waals surface area contributed by atoms with Gasteiger partial charge >= 0.3 is 0 Å². The fourth-order valence-electron chi connectivity index (χ4n) is 1.74. The van der Waals surface area contributed by atoms with Gasteiger partial charge in [0.25, 0.3) is 0 Å². The molecule has 1 aliphatic rings. The van der Waals surface area contributed by atoms with Crippen molar-refractivity contribution in [3.8, 4) is 0 Å². The minimum absolute atomic E-state index is 0.686. The Balaban J connectivity index is 1.61. The van der Waals surface area contributed by atoms with Crippen LogP contribution in [0.1, 0.15) is 24.2 Å². The molecular formula is C12H14BrN5. The zero-order valence-electron chi connectivity index (χ0n) is 9.88. The molecule has 5 nitrogen and oxygen atoms in total. The summed E-state index contributed by atoms with van der Waals surface area (Å²) in [7, 11) is 0. The van der Waals surface area contributed by atoms with E-state index in [2.05, 4.69) is 36.3 Å². The van der Waals surface area contributed by atoms with Gasteiger partial charge < -0.3 is 5.32 Å². The van der Waals surface area contributed by atoms with Crippen molar-refractivity contribution in [3.05, 3.63) is 40.6 Å². The summed E-state index contributed by atoms with van der Waals surface area (Å²) in [6.07, 6.45) is 7.95. The number of rotatable bonds is 5. The average molecular weight is 308 g/mol. The molecule has 1 aliphatic carbocycles. The van der Waals surface area contributed by atoms with Gasteiger partial charge in [0, 0.05) is 22.9 Å². The van der Waals surface area contributed by atoms with Crippen molar-refractivity contribution in [1.29, 1.82) is 0 Å². The summed E-state index contributed by atoms with van der Waals surface area (Å²) in [5, 5.41) is 7.84. The van der Waals surface area contributed by atoms with E-state index in [0.29, 0.717) is 12.6 Å².